The summed E-state index contributed by atoms with van der Waals surface area (Å²) in [6.07, 6.45) is 3.20. The summed E-state index contributed by atoms with van der Waals surface area (Å²) in [5, 5.41) is 7.33. The summed E-state index contributed by atoms with van der Waals surface area (Å²) in [5.74, 6) is 1.90. The first kappa shape index (κ1) is 19.6. The van der Waals surface area contributed by atoms with Gasteiger partial charge in [-0.3, -0.25) is 4.79 Å². The van der Waals surface area contributed by atoms with E-state index in [4.69, 9.17) is 4.42 Å². The summed E-state index contributed by atoms with van der Waals surface area (Å²) in [5.41, 5.74) is 3.01. The number of aromatic nitrogens is 4. The average molecular weight is 401 g/mol. The predicted octanol–water partition coefficient (Wildman–Crippen LogP) is 4.07. The standard InChI is InChI=1S/C23H23N5O2/c1-15(18-7-5-4-6-8-18)13-25-22(29)19-14-26-28(17(19)3)23-24-12-11-20(27-23)21-10-9-16(2)30-21/h4-12,14-15H,13H2,1-3H3,(H,25,29)/t15-/m1/s1. The molecule has 7 nitrogen and oxygen atoms in total. The topological polar surface area (TPSA) is 85.8 Å². The van der Waals surface area contributed by atoms with Crippen LogP contribution < -0.4 is 5.32 Å². The van der Waals surface area contributed by atoms with E-state index in [-0.39, 0.29) is 11.8 Å². The molecule has 0 radical (unpaired) electrons. The number of nitrogens with one attached hydrogen (secondary N) is 1. The van der Waals surface area contributed by atoms with E-state index in [0.717, 1.165) is 5.76 Å². The van der Waals surface area contributed by atoms with Gasteiger partial charge in [0, 0.05) is 12.7 Å². The Morgan fingerprint density at radius 1 is 1.13 bits per heavy atom. The van der Waals surface area contributed by atoms with Gasteiger partial charge in [0.1, 0.15) is 11.5 Å². The van der Waals surface area contributed by atoms with Crippen LogP contribution in [0.15, 0.2) is 65.3 Å². The van der Waals surface area contributed by atoms with Crippen molar-refractivity contribution in [3.63, 3.8) is 0 Å². The van der Waals surface area contributed by atoms with Gasteiger partial charge < -0.3 is 9.73 Å². The van der Waals surface area contributed by atoms with Crippen molar-refractivity contribution in [3.8, 4) is 17.4 Å². The molecule has 0 aliphatic heterocycles. The number of rotatable bonds is 6. The molecule has 7 heteroatoms. The van der Waals surface area contributed by atoms with Gasteiger partial charge in [-0.05, 0) is 43.5 Å². The Labute approximate surface area is 174 Å². The van der Waals surface area contributed by atoms with E-state index in [2.05, 4.69) is 39.4 Å². The minimum absolute atomic E-state index is 0.167. The maximum absolute atomic E-state index is 12.7. The van der Waals surface area contributed by atoms with E-state index in [1.165, 1.54) is 5.56 Å². The van der Waals surface area contributed by atoms with Crippen molar-refractivity contribution < 1.29 is 9.21 Å². The van der Waals surface area contributed by atoms with Crippen molar-refractivity contribution in [2.75, 3.05) is 6.54 Å². The Morgan fingerprint density at radius 3 is 2.67 bits per heavy atom. The second kappa shape index (κ2) is 8.32. The van der Waals surface area contributed by atoms with E-state index < -0.39 is 0 Å². The number of benzene rings is 1. The highest BCUT2D eigenvalue weighted by Gasteiger charge is 2.18. The number of hydrogen-bond donors (Lipinski definition) is 1. The van der Waals surface area contributed by atoms with Gasteiger partial charge in [0.15, 0.2) is 5.76 Å². The zero-order valence-electron chi connectivity index (χ0n) is 17.2. The maximum atomic E-state index is 12.7. The van der Waals surface area contributed by atoms with Crippen LogP contribution in [0, 0.1) is 13.8 Å². The predicted molar refractivity (Wildman–Crippen MR) is 114 cm³/mol. The van der Waals surface area contributed by atoms with E-state index in [9.17, 15) is 4.79 Å². The first-order chi connectivity index (χ1) is 14.5. The fraction of sp³-hybridized carbons (Fsp3) is 0.217. The molecule has 4 rings (SSSR count). The zero-order chi connectivity index (χ0) is 21.1. The van der Waals surface area contributed by atoms with Crippen LogP contribution in [0.1, 0.15) is 40.2 Å². The molecule has 0 saturated carbocycles. The number of nitrogens with zero attached hydrogens (tertiary/aromatic N) is 4. The molecule has 0 aliphatic carbocycles. The van der Waals surface area contributed by atoms with Crippen LogP contribution >= 0.6 is 0 Å². The molecule has 1 N–H and O–H groups in total. The minimum Gasteiger partial charge on any atom is -0.460 e. The molecule has 0 bridgehead atoms. The lowest BCUT2D eigenvalue weighted by atomic mass is 10.0. The molecule has 0 spiro atoms. The highest BCUT2D eigenvalue weighted by atomic mass is 16.3. The van der Waals surface area contributed by atoms with Crippen molar-refractivity contribution in [2.45, 2.75) is 26.7 Å². The number of furan rings is 1. The Hall–Kier alpha value is -3.74. The van der Waals surface area contributed by atoms with Crippen molar-refractivity contribution in [1.29, 1.82) is 0 Å². The third kappa shape index (κ3) is 4.00. The van der Waals surface area contributed by atoms with Gasteiger partial charge in [0.2, 0.25) is 0 Å². The SMILES string of the molecule is Cc1ccc(-c2ccnc(-n3ncc(C(=O)NC[C@@H](C)c4ccccc4)c3C)n2)o1. The quantitative estimate of drug-likeness (QED) is 0.526. The smallest absolute Gasteiger partial charge is 0.254 e. The normalized spacial score (nSPS) is 12.0. The zero-order valence-corrected chi connectivity index (χ0v) is 17.2. The first-order valence-electron chi connectivity index (χ1n) is 9.81. The Bertz CT molecular complexity index is 1160. The summed E-state index contributed by atoms with van der Waals surface area (Å²) in [4.78, 5) is 21.6. The lowest BCUT2D eigenvalue weighted by molar-refractivity contribution is 0.0951. The van der Waals surface area contributed by atoms with Crippen molar-refractivity contribution in [2.24, 2.45) is 0 Å². The summed E-state index contributed by atoms with van der Waals surface area (Å²) in [6.45, 7) is 6.33. The van der Waals surface area contributed by atoms with Crippen LogP contribution in [0.5, 0.6) is 0 Å². The van der Waals surface area contributed by atoms with Crippen LogP contribution in [0.3, 0.4) is 0 Å². The molecule has 3 aromatic heterocycles. The number of hydrogen-bond acceptors (Lipinski definition) is 5. The Kier molecular flexibility index (Phi) is 5.43. The highest BCUT2D eigenvalue weighted by molar-refractivity contribution is 5.95. The fourth-order valence-electron chi connectivity index (χ4n) is 3.23. The summed E-state index contributed by atoms with van der Waals surface area (Å²) in [6, 6.07) is 15.6. The monoisotopic (exact) mass is 401 g/mol. The highest BCUT2D eigenvalue weighted by Crippen LogP contribution is 2.21. The molecule has 0 unspecified atom stereocenters. The van der Waals surface area contributed by atoms with E-state index in [0.29, 0.717) is 35.2 Å². The van der Waals surface area contributed by atoms with Gasteiger partial charge in [-0.2, -0.15) is 5.10 Å². The molecule has 152 valence electrons. The molecular weight excluding hydrogens is 378 g/mol. The fourth-order valence-corrected chi connectivity index (χ4v) is 3.23. The largest absolute Gasteiger partial charge is 0.460 e. The van der Waals surface area contributed by atoms with Gasteiger partial charge in [-0.15, -0.1) is 0 Å². The number of carbonyl (C=O) groups is 1. The second-order valence-corrected chi connectivity index (χ2v) is 7.23. The first-order valence-corrected chi connectivity index (χ1v) is 9.81. The lowest BCUT2D eigenvalue weighted by Gasteiger charge is -2.13. The average Bonchev–Trinajstić information content (AvgIpc) is 3.38. The number of aryl methyl sites for hydroxylation is 1. The summed E-state index contributed by atoms with van der Waals surface area (Å²) in [7, 11) is 0. The van der Waals surface area contributed by atoms with Gasteiger partial charge in [-0.25, -0.2) is 14.6 Å². The van der Waals surface area contributed by atoms with E-state index in [1.807, 2.05) is 44.2 Å². The number of amides is 1. The van der Waals surface area contributed by atoms with Crippen LogP contribution in [0.2, 0.25) is 0 Å². The molecule has 1 amide bonds. The molecule has 1 aromatic carbocycles. The van der Waals surface area contributed by atoms with E-state index >= 15 is 0 Å². The van der Waals surface area contributed by atoms with Gasteiger partial charge >= 0.3 is 0 Å². The maximum Gasteiger partial charge on any atom is 0.254 e. The number of carbonyl (C=O) groups excluding carboxylic acids is 1. The molecule has 0 aliphatic rings. The van der Waals surface area contributed by atoms with E-state index in [1.54, 1.807) is 23.1 Å². The molecule has 3 heterocycles. The van der Waals surface area contributed by atoms with Crippen molar-refractivity contribution in [1.82, 2.24) is 25.1 Å². The van der Waals surface area contributed by atoms with Gasteiger partial charge in [0.25, 0.3) is 11.9 Å². The van der Waals surface area contributed by atoms with Crippen LogP contribution in [0.4, 0.5) is 0 Å². The minimum atomic E-state index is -0.167. The van der Waals surface area contributed by atoms with Crippen LogP contribution in [-0.2, 0) is 0 Å². The van der Waals surface area contributed by atoms with Crippen LogP contribution in [0.25, 0.3) is 17.4 Å². The van der Waals surface area contributed by atoms with Crippen molar-refractivity contribution >= 4 is 5.91 Å². The van der Waals surface area contributed by atoms with Gasteiger partial charge in [0.05, 0.1) is 17.5 Å². The third-order valence-electron chi connectivity index (χ3n) is 5.02. The summed E-state index contributed by atoms with van der Waals surface area (Å²) < 4.78 is 7.21. The summed E-state index contributed by atoms with van der Waals surface area (Å²) >= 11 is 0. The lowest BCUT2D eigenvalue weighted by Crippen LogP contribution is -2.27. The molecule has 0 fully saturated rings. The van der Waals surface area contributed by atoms with Gasteiger partial charge in [-0.1, -0.05) is 37.3 Å². The Balaban J connectivity index is 1.50. The molecular formula is C23H23N5O2. The molecule has 30 heavy (non-hydrogen) atoms. The third-order valence-corrected chi connectivity index (χ3v) is 5.02. The molecule has 4 aromatic rings. The Morgan fingerprint density at radius 2 is 1.93 bits per heavy atom. The second-order valence-electron chi connectivity index (χ2n) is 7.23. The molecule has 1 atom stereocenters. The van der Waals surface area contributed by atoms with Crippen LogP contribution in [-0.4, -0.2) is 32.2 Å². The van der Waals surface area contributed by atoms with Crippen molar-refractivity contribution in [3.05, 3.63) is 83.5 Å². The molecule has 0 saturated heterocycles.